The Morgan fingerprint density at radius 2 is 1.89 bits per heavy atom. The highest BCUT2D eigenvalue weighted by atomic mass is 15.3. The number of hydrogen-bond acceptors (Lipinski definition) is 3. The van der Waals surface area contributed by atoms with Gasteiger partial charge in [-0.3, -0.25) is 9.80 Å². The second kappa shape index (κ2) is 5.89. The number of nitrogens with one attached hydrogen (secondary N) is 1. The van der Waals surface area contributed by atoms with Crippen molar-refractivity contribution in [3.63, 3.8) is 0 Å². The first-order chi connectivity index (χ1) is 8.53. The van der Waals surface area contributed by atoms with Gasteiger partial charge in [0.25, 0.3) is 0 Å². The monoisotopic (exact) mass is 253 g/mol. The van der Waals surface area contributed by atoms with Gasteiger partial charge in [0.05, 0.1) is 0 Å². The lowest BCUT2D eigenvalue weighted by atomic mass is 9.95. The summed E-state index contributed by atoms with van der Waals surface area (Å²) < 4.78 is 0. The van der Waals surface area contributed by atoms with Crippen LogP contribution in [0.25, 0.3) is 0 Å². The van der Waals surface area contributed by atoms with Crippen molar-refractivity contribution < 1.29 is 0 Å². The molecule has 1 heterocycles. The van der Waals surface area contributed by atoms with Crippen molar-refractivity contribution in [1.29, 1.82) is 0 Å². The molecule has 1 aliphatic heterocycles. The molecule has 1 saturated carbocycles. The van der Waals surface area contributed by atoms with Gasteiger partial charge in [0.1, 0.15) is 0 Å². The number of nitrogens with zero attached hydrogens (tertiary/aromatic N) is 2. The van der Waals surface area contributed by atoms with Crippen molar-refractivity contribution in [2.45, 2.75) is 51.1 Å². The molecule has 1 unspecified atom stereocenters. The molecule has 0 aromatic carbocycles. The van der Waals surface area contributed by atoms with Crippen LogP contribution in [0, 0.1) is 5.92 Å². The Bertz CT molecular complexity index is 258. The molecule has 1 saturated heterocycles. The van der Waals surface area contributed by atoms with Gasteiger partial charge in [-0.05, 0) is 46.7 Å². The molecule has 1 atom stereocenters. The van der Waals surface area contributed by atoms with Crippen LogP contribution in [0.15, 0.2) is 0 Å². The van der Waals surface area contributed by atoms with Crippen LogP contribution >= 0.6 is 0 Å². The highest BCUT2D eigenvalue weighted by molar-refractivity contribution is 4.91. The topological polar surface area (TPSA) is 18.5 Å². The first-order valence-electron chi connectivity index (χ1n) is 7.64. The van der Waals surface area contributed by atoms with E-state index in [1.807, 2.05) is 0 Å². The Labute approximate surface area is 113 Å². The Morgan fingerprint density at radius 1 is 1.22 bits per heavy atom. The molecular weight excluding hydrogens is 222 g/mol. The normalized spacial score (nSPS) is 28.7. The molecule has 18 heavy (non-hydrogen) atoms. The van der Waals surface area contributed by atoms with Crippen LogP contribution < -0.4 is 5.32 Å². The molecule has 3 nitrogen and oxygen atoms in total. The van der Waals surface area contributed by atoms with Gasteiger partial charge in [-0.25, -0.2) is 0 Å². The van der Waals surface area contributed by atoms with E-state index < -0.39 is 0 Å². The zero-order valence-corrected chi connectivity index (χ0v) is 12.7. The molecule has 0 bridgehead atoms. The smallest absolute Gasteiger partial charge is 0.0277 e. The van der Waals surface area contributed by atoms with Gasteiger partial charge >= 0.3 is 0 Å². The molecule has 106 valence electrons. The van der Waals surface area contributed by atoms with Crippen molar-refractivity contribution in [2.75, 3.05) is 40.3 Å². The summed E-state index contributed by atoms with van der Waals surface area (Å²) in [4.78, 5) is 5.16. The lowest BCUT2D eigenvalue weighted by molar-refractivity contribution is 0.0320. The average Bonchev–Trinajstić information content (AvgIpc) is 2.84. The van der Waals surface area contributed by atoms with E-state index in [4.69, 9.17) is 0 Å². The van der Waals surface area contributed by atoms with E-state index in [-0.39, 0.29) is 0 Å². The van der Waals surface area contributed by atoms with Crippen molar-refractivity contribution in [2.24, 2.45) is 5.92 Å². The number of rotatable bonds is 4. The minimum Gasteiger partial charge on any atom is -0.315 e. The van der Waals surface area contributed by atoms with E-state index in [2.05, 4.69) is 43.1 Å². The summed E-state index contributed by atoms with van der Waals surface area (Å²) in [5, 5.41) is 3.57. The van der Waals surface area contributed by atoms with Gasteiger partial charge in [-0.1, -0.05) is 12.8 Å². The summed E-state index contributed by atoms with van der Waals surface area (Å²) in [5.74, 6) is 0.915. The molecular formula is C15H31N3. The number of hydrogen-bond donors (Lipinski definition) is 1. The van der Waals surface area contributed by atoms with Crippen LogP contribution in [0.5, 0.6) is 0 Å². The molecule has 1 aliphatic carbocycles. The van der Waals surface area contributed by atoms with Crippen molar-refractivity contribution in [3.05, 3.63) is 0 Å². The summed E-state index contributed by atoms with van der Waals surface area (Å²) in [6.07, 6.45) is 5.75. The van der Waals surface area contributed by atoms with Gasteiger partial charge in [0.2, 0.25) is 0 Å². The minimum atomic E-state index is 0.326. The van der Waals surface area contributed by atoms with Crippen LogP contribution in [0.2, 0.25) is 0 Å². The maximum atomic E-state index is 3.57. The van der Waals surface area contributed by atoms with Gasteiger partial charge < -0.3 is 5.32 Å². The summed E-state index contributed by atoms with van der Waals surface area (Å²) in [7, 11) is 4.40. The number of piperazine rings is 1. The van der Waals surface area contributed by atoms with E-state index in [1.165, 1.54) is 51.9 Å². The summed E-state index contributed by atoms with van der Waals surface area (Å²) in [5.41, 5.74) is 0.326. The Balaban J connectivity index is 1.88. The second-order valence-corrected chi connectivity index (χ2v) is 6.91. The van der Waals surface area contributed by atoms with E-state index in [0.717, 1.165) is 5.92 Å². The first kappa shape index (κ1) is 14.3. The average molecular weight is 253 g/mol. The molecule has 2 fully saturated rings. The Hall–Kier alpha value is -0.120. The summed E-state index contributed by atoms with van der Waals surface area (Å²) in [6, 6.07) is 0.701. The third-order valence-corrected chi connectivity index (χ3v) is 5.19. The fourth-order valence-electron chi connectivity index (χ4n) is 3.61. The molecule has 0 spiro atoms. The highest BCUT2D eigenvalue weighted by Gasteiger charge is 2.33. The fraction of sp³-hybridized carbons (Fsp3) is 1.00. The maximum absolute atomic E-state index is 3.57. The number of likely N-dealkylation sites (N-methyl/N-ethyl adjacent to an activating group) is 2. The van der Waals surface area contributed by atoms with Gasteiger partial charge in [-0.15, -0.1) is 0 Å². The zero-order chi connectivity index (χ0) is 13.2. The van der Waals surface area contributed by atoms with Gasteiger partial charge in [0.15, 0.2) is 0 Å². The summed E-state index contributed by atoms with van der Waals surface area (Å²) >= 11 is 0. The summed E-state index contributed by atoms with van der Waals surface area (Å²) in [6.45, 7) is 9.60. The molecule has 2 rings (SSSR count). The molecule has 0 radical (unpaired) electrons. The molecule has 0 aromatic rings. The Morgan fingerprint density at radius 3 is 2.44 bits per heavy atom. The standard InChI is InChI=1S/C15H31N3/c1-15(2)12-18(10-9-17(15)4)11-14(16-3)13-7-5-6-8-13/h13-14,16H,5-12H2,1-4H3. The zero-order valence-electron chi connectivity index (χ0n) is 12.7. The van der Waals surface area contributed by atoms with Gasteiger partial charge in [-0.2, -0.15) is 0 Å². The molecule has 3 heteroatoms. The molecule has 0 aromatic heterocycles. The molecule has 0 amide bonds. The fourth-order valence-corrected chi connectivity index (χ4v) is 3.61. The van der Waals surface area contributed by atoms with E-state index in [9.17, 15) is 0 Å². The third kappa shape index (κ3) is 3.25. The first-order valence-corrected chi connectivity index (χ1v) is 7.64. The molecule has 2 aliphatic rings. The van der Waals surface area contributed by atoms with Crippen LogP contribution in [0.4, 0.5) is 0 Å². The van der Waals surface area contributed by atoms with Gasteiger partial charge in [0, 0.05) is 37.8 Å². The van der Waals surface area contributed by atoms with E-state index in [1.54, 1.807) is 0 Å². The predicted octanol–water partition coefficient (Wildman–Crippen LogP) is 1.79. The lowest BCUT2D eigenvalue weighted by Gasteiger charge is -2.46. The van der Waals surface area contributed by atoms with Crippen LogP contribution in [-0.4, -0.2) is 61.7 Å². The van der Waals surface area contributed by atoms with Crippen LogP contribution in [-0.2, 0) is 0 Å². The third-order valence-electron chi connectivity index (χ3n) is 5.19. The van der Waals surface area contributed by atoms with Crippen molar-refractivity contribution in [1.82, 2.24) is 15.1 Å². The largest absolute Gasteiger partial charge is 0.315 e. The van der Waals surface area contributed by atoms with Crippen LogP contribution in [0.3, 0.4) is 0 Å². The SMILES string of the molecule is CNC(CN1CCN(C)C(C)(C)C1)C1CCCC1. The van der Waals surface area contributed by atoms with E-state index >= 15 is 0 Å². The predicted molar refractivity (Wildman–Crippen MR) is 78.0 cm³/mol. The second-order valence-electron chi connectivity index (χ2n) is 6.91. The van der Waals surface area contributed by atoms with Crippen molar-refractivity contribution >= 4 is 0 Å². The van der Waals surface area contributed by atoms with Crippen LogP contribution in [0.1, 0.15) is 39.5 Å². The maximum Gasteiger partial charge on any atom is 0.0277 e. The quantitative estimate of drug-likeness (QED) is 0.824. The molecule has 1 N–H and O–H groups in total. The minimum absolute atomic E-state index is 0.326. The Kier molecular flexibility index (Phi) is 4.68. The van der Waals surface area contributed by atoms with E-state index in [0.29, 0.717) is 11.6 Å². The van der Waals surface area contributed by atoms with Crippen molar-refractivity contribution in [3.8, 4) is 0 Å². The highest BCUT2D eigenvalue weighted by Crippen LogP contribution is 2.28. The lowest BCUT2D eigenvalue weighted by Crippen LogP contribution is -2.59.